The van der Waals surface area contributed by atoms with Gasteiger partial charge in [-0.25, -0.2) is 8.42 Å². The van der Waals surface area contributed by atoms with Gasteiger partial charge in [0.2, 0.25) is 5.91 Å². The van der Waals surface area contributed by atoms with Crippen molar-refractivity contribution >= 4 is 21.6 Å². The van der Waals surface area contributed by atoms with Gasteiger partial charge in [0, 0.05) is 0 Å². The van der Waals surface area contributed by atoms with E-state index in [1.165, 1.54) is 4.31 Å². The molecule has 4 aromatic carbocycles. The zero-order valence-electron chi connectivity index (χ0n) is 20.7. The van der Waals surface area contributed by atoms with Crippen molar-refractivity contribution in [2.45, 2.75) is 31.7 Å². The molecule has 0 aliphatic carbocycles. The van der Waals surface area contributed by atoms with E-state index in [0.29, 0.717) is 5.69 Å². The second-order valence-electron chi connectivity index (χ2n) is 8.99. The van der Waals surface area contributed by atoms with Gasteiger partial charge in [0.1, 0.15) is 6.54 Å². The molecule has 0 spiro atoms. The van der Waals surface area contributed by atoms with Crippen molar-refractivity contribution in [3.05, 3.63) is 131 Å². The summed E-state index contributed by atoms with van der Waals surface area (Å²) in [5.74, 6) is -0.400. The number of amides is 1. The van der Waals surface area contributed by atoms with Crippen LogP contribution in [0.4, 0.5) is 5.69 Å². The number of nitrogens with zero attached hydrogens (tertiary/aromatic N) is 1. The summed E-state index contributed by atoms with van der Waals surface area (Å²) in [7, 11) is -3.98. The van der Waals surface area contributed by atoms with Crippen LogP contribution in [0.2, 0.25) is 0 Å². The molecule has 0 saturated heterocycles. The first-order valence-electron chi connectivity index (χ1n) is 11.8. The number of rotatable bonds is 8. The summed E-state index contributed by atoms with van der Waals surface area (Å²) in [5.41, 5.74) is 5.24. The van der Waals surface area contributed by atoms with Gasteiger partial charge in [-0.1, -0.05) is 84.4 Å². The highest BCUT2D eigenvalue weighted by Gasteiger charge is 2.28. The molecule has 4 aromatic rings. The standard InChI is InChI=1S/C30H30N2O3S/c1-22-14-16-26(17-15-22)30(25-10-6-4-7-11-25)31-29(33)21-32(27-19-23(2)18-24(3)20-27)36(34,35)28-12-8-5-9-13-28/h4-20,30H,21H2,1-3H3,(H,31,33)/t30-/m1/s1. The number of benzene rings is 4. The fraction of sp³-hybridized carbons (Fsp3) is 0.167. The van der Waals surface area contributed by atoms with Crippen LogP contribution in [0, 0.1) is 20.8 Å². The Morgan fingerprint density at radius 1 is 0.722 bits per heavy atom. The van der Waals surface area contributed by atoms with Crippen molar-refractivity contribution in [1.29, 1.82) is 0 Å². The Kier molecular flexibility index (Phi) is 7.55. The first-order valence-corrected chi connectivity index (χ1v) is 13.2. The third-order valence-corrected chi connectivity index (χ3v) is 7.75. The number of aryl methyl sites for hydroxylation is 3. The van der Waals surface area contributed by atoms with Gasteiger partial charge < -0.3 is 5.32 Å². The van der Waals surface area contributed by atoms with Crippen molar-refractivity contribution in [3.63, 3.8) is 0 Å². The Labute approximate surface area is 213 Å². The highest BCUT2D eigenvalue weighted by molar-refractivity contribution is 7.92. The Balaban J connectivity index is 1.70. The molecule has 1 amide bonds. The molecule has 0 aliphatic rings. The summed E-state index contributed by atoms with van der Waals surface area (Å²) in [6.07, 6.45) is 0. The van der Waals surface area contributed by atoms with Gasteiger partial charge in [-0.15, -0.1) is 0 Å². The van der Waals surface area contributed by atoms with Crippen LogP contribution in [0.3, 0.4) is 0 Å². The van der Waals surface area contributed by atoms with Crippen molar-refractivity contribution in [3.8, 4) is 0 Å². The zero-order valence-corrected chi connectivity index (χ0v) is 21.5. The number of hydrogen-bond acceptors (Lipinski definition) is 3. The van der Waals surface area contributed by atoms with E-state index in [2.05, 4.69) is 5.32 Å². The van der Waals surface area contributed by atoms with Gasteiger partial charge in [0.15, 0.2) is 0 Å². The van der Waals surface area contributed by atoms with E-state index in [4.69, 9.17) is 0 Å². The Morgan fingerprint density at radius 3 is 1.83 bits per heavy atom. The summed E-state index contributed by atoms with van der Waals surface area (Å²) in [5, 5.41) is 3.08. The molecule has 184 valence electrons. The van der Waals surface area contributed by atoms with Crippen LogP contribution in [0.15, 0.2) is 108 Å². The maximum atomic E-state index is 13.7. The smallest absolute Gasteiger partial charge is 0.264 e. The fourth-order valence-corrected chi connectivity index (χ4v) is 5.66. The predicted octanol–water partition coefficient (Wildman–Crippen LogP) is 5.71. The number of carbonyl (C=O) groups excluding carboxylic acids is 1. The lowest BCUT2D eigenvalue weighted by atomic mass is 9.98. The SMILES string of the molecule is Cc1ccc([C@H](NC(=O)CN(c2cc(C)cc(C)c2)S(=O)(=O)c2ccccc2)c2ccccc2)cc1. The van der Waals surface area contributed by atoms with Crippen LogP contribution in [0.25, 0.3) is 0 Å². The summed E-state index contributed by atoms with van der Waals surface area (Å²) in [4.78, 5) is 13.6. The van der Waals surface area contributed by atoms with Gasteiger partial charge in [-0.05, 0) is 67.3 Å². The molecule has 0 saturated carbocycles. The molecule has 1 N–H and O–H groups in total. The van der Waals surface area contributed by atoms with Crippen molar-refractivity contribution in [2.75, 3.05) is 10.8 Å². The summed E-state index contributed by atoms with van der Waals surface area (Å²) in [6, 6.07) is 31.0. The topological polar surface area (TPSA) is 66.5 Å². The number of nitrogens with one attached hydrogen (secondary N) is 1. The van der Waals surface area contributed by atoms with E-state index in [-0.39, 0.29) is 11.4 Å². The summed E-state index contributed by atoms with van der Waals surface area (Å²) >= 11 is 0. The highest BCUT2D eigenvalue weighted by atomic mass is 32.2. The third kappa shape index (κ3) is 5.83. The average molecular weight is 499 g/mol. The van der Waals surface area contributed by atoms with Crippen molar-refractivity contribution in [1.82, 2.24) is 5.32 Å². The Hall–Kier alpha value is -3.90. The monoisotopic (exact) mass is 498 g/mol. The second kappa shape index (κ2) is 10.8. The first kappa shape index (κ1) is 25.2. The quantitative estimate of drug-likeness (QED) is 0.338. The molecule has 1 atom stereocenters. The maximum Gasteiger partial charge on any atom is 0.264 e. The van der Waals surface area contributed by atoms with Crippen molar-refractivity contribution < 1.29 is 13.2 Å². The molecular weight excluding hydrogens is 468 g/mol. The predicted molar refractivity (Wildman–Crippen MR) is 144 cm³/mol. The lowest BCUT2D eigenvalue weighted by Crippen LogP contribution is -2.42. The minimum atomic E-state index is -3.98. The molecule has 0 radical (unpaired) electrons. The molecule has 0 aliphatic heterocycles. The van der Waals surface area contributed by atoms with Gasteiger partial charge >= 0.3 is 0 Å². The molecule has 0 bridgehead atoms. The molecule has 0 unspecified atom stereocenters. The normalized spacial score (nSPS) is 12.1. The molecule has 0 aromatic heterocycles. The van der Waals surface area contributed by atoms with Gasteiger partial charge in [0.25, 0.3) is 10.0 Å². The molecule has 0 fully saturated rings. The zero-order chi connectivity index (χ0) is 25.7. The Bertz CT molecular complexity index is 1410. The average Bonchev–Trinajstić information content (AvgIpc) is 2.87. The lowest BCUT2D eigenvalue weighted by molar-refractivity contribution is -0.120. The van der Waals surface area contributed by atoms with E-state index >= 15 is 0 Å². The van der Waals surface area contributed by atoms with E-state index in [1.807, 2.05) is 81.4 Å². The molecule has 0 heterocycles. The number of sulfonamides is 1. The van der Waals surface area contributed by atoms with E-state index < -0.39 is 22.0 Å². The van der Waals surface area contributed by atoms with E-state index in [0.717, 1.165) is 27.8 Å². The molecule has 4 rings (SSSR count). The van der Waals surface area contributed by atoms with Crippen LogP contribution in [-0.2, 0) is 14.8 Å². The van der Waals surface area contributed by atoms with E-state index in [1.54, 1.807) is 42.5 Å². The first-order chi connectivity index (χ1) is 17.2. The van der Waals surface area contributed by atoms with E-state index in [9.17, 15) is 13.2 Å². The van der Waals surface area contributed by atoms with Crippen molar-refractivity contribution in [2.24, 2.45) is 0 Å². The molecule has 6 heteroatoms. The number of carbonyl (C=O) groups is 1. The summed E-state index contributed by atoms with van der Waals surface area (Å²) < 4.78 is 28.6. The lowest BCUT2D eigenvalue weighted by Gasteiger charge is -2.27. The van der Waals surface area contributed by atoms with Crippen LogP contribution < -0.4 is 9.62 Å². The van der Waals surface area contributed by atoms with Crippen LogP contribution in [-0.4, -0.2) is 20.9 Å². The fourth-order valence-electron chi connectivity index (χ4n) is 4.23. The van der Waals surface area contributed by atoms with Gasteiger partial charge in [-0.3, -0.25) is 9.10 Å². The minimum Gasteiger partial charge on any atom is -0.344 e. The maximum absolute atomic E-state index is 13.7. The number of hydrogen-bond donors (Lipinski definition) is 1. The van der Waals surface area contributed by atoms with Crippen LogP contribution in [0.5, 0.6) is 0 Å². The molecule has 5 nitrogen and oxygen atoms in total. The largest absolute Gasteiger partial charge is 0.344 e. The second-order valence-corrected chi connectivity index (χ2v) is 10.9. The molecule has 36 heavy (non-hydrogen) atoms. The molecular formula is C30H30N2O3S. The van der Waals surface area contributed by atoms with Gasteiger partial charge in [-0.2, -0.15) is 0 Å². The minimum absolute atomic E-state index is 0.134. The van der Waals surface area contributed by atoms with Crippen LogP contribution >= 0.6 is 0 Å². The van der Waals surface area contributed by atoms with Crippen LogP contribution in [0.1, 0.15) is 33.9 Å². The Morgan fingerprint density at radius 2 is 1.25 bits per heavy atom. The third-order valence-electron chi connectivity index (χ3n) is 5.96. The highest BCUT2D eigenvalue weighted by Crippen LogP contribution is 2.27. The number of anilines is 1. The van der Waals surface area contributed by atoms with Gasteiger partial charge in [0.05, 0.1) is 16.6 Å². The summed E-state index contributed by atoms with van der Waals surface area (Å²) in [6.45, 7) is 5.48.